The van der Waals surface area contributed by atoms with Gasteiger partial charge in [-0.2, -0.15) is 11.8 Å². The van der Waals surface area contributed by atoms with Crippen LogP contribution in [0.4, 0.5) is 0 Å². The highest BCUT2D eigenvalue weighted by Crippen LogP contribution is 2.24. The first-order valence-electron chi connectivity index (χ1n) is 5.15. The van der Waals surface area contributed by atoms with E-state index in [-0.39, 0.29) is 11.9 Å². The molecule has 1 rings (SSSR count). The topological polar surface area (TPSA) is 47.9 Å². The van der Waals surface area contributed by atoms with Crippen LogP contribution in [0.2, 0.25) is 0 Å². The molecule has 0 unspecified atom stereocenters. The lowest BCUT2D eigenvalue weighted by Gasteiger charge is -2.21. The fraction of sp³-hybridized carbons (Fsp3) is 0.800. The summed E-state index contributed by atoms with van der Waals surface area (Å²) in [6, 6.07) is 0. The number of carbonyl (C=O) groups is 1. The van der Waals surface area contributed by atoms with E-state index in [2.05, 4.69) is 5.16 Å². The van der Waals surface area contributed by atoms with Crippen LogP contribution in [-0.4, -0.2) is 36.9 Å². The predicted molar refractivity (Wildman–Crippen MR) is 61.1 cm³/mol. The van der Waals surface area contributed by atoms with Gasteiger partial charge in [-0.1, -0.05) is 5.16 Å². The van der Waals surface area contributed by atoms with Gasteiger partial charge in [0, 0.05) is 5.92 Å². The number of ether oxygens (including phenoxy) is 1. The average molecular weight is 231 g/mol. The second kappa shape index (κ2) is 6.71. The summed E-state index contributed by atoms with van der Waals surface area (Å²) in [4.78, 5) is 16.3. The second-order valence-electron chi connectivity index (χ2n) is 3.27. The average Bonchev–Trinajstić information content (AvgIpc) is 2.27. The summed E-state index contributed by atoms with van der Waals surface area (Å²) in [5.74, 6) is 2.01. The number of oxime groups is 1. The Bertz CT molecular complexity index is 237. The van der Waals surface area contributed by atoms with Gasteiger partial charge in [-0.25, -0.2) is 4.79 Å². The maximum Gasteiger partial charge on any atom is 0.356 e. The molecule has 15 heavy (non-hydrogen) atoms. The van der Waals surface area contributed by atoms with Crippen LogP contribution in [0.1, 0.15) is 19.8 Å². The first-order chi connectivity index (χ1) is 7.29. The van der Waals surface area contributed by atoms with E-state index in [1.165, 1.54) is 7.11 Å². The van der Waals surface area contributed by atoms with Gasteiger partial charge < -0.3 is 9.57 Å². The van der Waals surface area contributed by atoms with Gasteiger partial charge >= 0.3 is 5.97 Å². The Labute approximate surface area is 94.4 Å². The lowest BCUT2D eigenvalue weighted by atomic mass is 9.97. The van der Waals surface area contributed by atoms with Gasteiger partial charge in [0.1, 0.15) is 7.11 Å². The van der Waals surface area contributed by atoms with Crippen LogP contribution in [0, 0.1) is 5.92 Å². The third kappa shape index (κ3) is 3.74. The number of hydrogen-bond donors (Lipinski definition) is 0. The summed E-state index contributed by atoms with van der Waals surface area (Å²) in [5, 5.41) is 3.80. The van der Waals surface area contributed by atoms with Gasteiger partial charge in [-0.05, 0) is 31.3 Å². The van der Waals surface area contributed by atoms with Gasteiger partial charge in [0.25, 0.3) is 0 Å². The second-order valence-corrected chi connectivity index (χ2v) is 4.49. The molecular weight excluding hydrogens is 214 g/mol. The van der Waals surface area contributed by atoms with Crippen molar-refractivity contribution in [2.24, 2.45) is 11.1 Å². The van der Waals surface area contributed by atoms with Crippen molar-refractivity contribution in [3.05, 3.63) is 0 Å². The summed E-state index contributed by atoms with van der Waals surface area (Å²) in [6.45, 7) is 2.17. The monoisotopic (exact) mass is 231 g/mol. The molecule has 5 heteroatoms. The summed E-state index contributed by atoms with van der Waals surface area (Å²) >= 11 is 1.91. The zero-order valence-corrected chi connectivity index (χ0v) is 10.0. The number of carbonyl (C=O) groups excluding carboxylic acids is 1. The minimum Gasteiger partial charge on any atom is -0.461 e. The zero-order chi connectivity index (χ0) is 11.1. The molecule has 0 radical (unpaired) electrons. The van der Waals surface area contributed by atoms with Gasteiger partial charge in [0.2, 0.25) is 0 Å². The summed E-state index contributed by atoms with van der Waals surface area (Å²) in [7, 11) is 1.46. The van der Waals surface area contributed by atoms with E-state index < -0.39 is 0 Å². The lowest BCUT2D eigenvalue weighted by Crippen LogP contribution is -2.29. The molecule has 0 aromatic heterocycles. The molecule has 0 N–H and O–H groups in total. The van der Waals surface area contributed by atoms with Crippen molar-refractivity contribution >= 4 is 23.4 Å². The molecule has 1 saturated heterocycles. The predicted octanol–water partition coefficient (Wildman–Crippen LogP) is 1.70. The lowest BCUT2D eigenvalue weighted by molar-refractivity contribution is -0.135. The molecule has 0 atom stereocenters. The number of thioether (sulfide) groups is 1. The summed E-state index contributed by atoms with van der Waals surface area (Å²) in [5.41, 5.74) is 0.444. The maximum atomic E-state index is 11.6. The van der Waals surface area contributed by atoms with E-state index in [4.69, 9.17) is 9.57 Å². The van der Waals surface area contributed by atoms with E-state index >= 15 is 0 Å². The van der Waals surface area contributed by atoms with Gasteiger partial charge in [-0.3, -0.25) is 0 Å². The molecule has 0 spiro atoms. The van der Waals surface area contributed by atoms with Crippen molar-refractivity contribution in [2.75, 3.05) is 25.2 Å². The van der Waals surface area contributed by atoms with Crippen molar-refractivity contribution < 1.29 is 14.4 Å². The van der Waals surface area contributed by atoms with E-state index in [9.17, 15) is 4.79 Å². The van der Waals surface area contributed by atoms with E-state index in [1.54, 1.807) is 6.92 Å². The third-order valence-corrected chi connectivity index (χ3v) is 3.33. The third-order valence-electron chi connectivity index (χ3n) is 2.28. The van der Waals surface area contributed by atoms with Crippen LogP contribution < -0.4 is 0 Å². The summed E-state index contributed by atoms with van der Waals surface area (Å²) < 4.78 is 4.95. The quantitative estimate of drug-likeness (QED) is 0.420. The van der Waals surface area contributed by atoms with Gasteiger partial charge in [0.15, 0.2) is 5.71 Å². The molecule has 1 aliphatic heterocycles. The smallest absolute Gasteiger partial charge is 0.356 e. The van der Waals surface area contributed by atoms with E-state index in [1.807, 2.05) is 11.8 Å². The number of esters is 1. The maximum absolute atomic E-state index is 11.6. The fourth-order valence-electron chi connectivity index (χ4n) is 1.55. The normalized spacial score (nSPS) is 18.7. The first kappa shape index (κ1) is 12.4. The minimum absolute atomic E-state index is 0.199. The molecule has 1 aliphatic rings. The Morgan fingerprint density at radius 3 is 2.67 bits per heavy atom. The Kier molecular flexibility index (Phi) is 5.53. The Hall–Kier alpha value is -0.710. The molecule has 0 amide bonds. The molecule has 0 aromatic carbocycles. The molecular formula is C10H17NO3S. The van der Waals surface area contributed by atoms with Crippen LogP contribution in [0.5, 0.6) is 0 Å². The first-order valence-corrected chi connectivity index (χ1v) is 6.31. The Morgan fingerprint density at radius 1 is 1.47 bits per heavy atom. The minimum atomic E-state index is -0.337. The van der Waals surface area contributed by atoms with E-state index in [0.29, 0.717) is 12.3 Å². The Morgan fingerprint density at radius 2 is 2.13 bits per heavy atom. The van der Waals surface area contributed by atoms with Crippen LogP contribution >= 0.6 is 11.8 Å². The number of nitrogens with zero attached hydrogens (tertiary/aromatic N) is 1. The highest BCUT2D eigenvalue weighted by atomic mass is 32.2. The Balaban J connectivity index is 2.63. The van der Waals surface area contributed by atoms with Crippen molar-refractivity contribution in [2.45, 2.75) is 19.8 Å². The molecule has 0 saturated carbocycles. The highest BCUT2D eigenvalue weighted by molar-refractivity contribution is 7.99. The van der Waals surface area contributed by atoms with E-state index in [0.717, 1.165) is 24.3 Å². The number of rotatable bonds is 4. The summed E-state index contributed by atoms with van der Waals surface area (Å²) in [6.07, 6.45) is 1.96. The van der Waals surface area contributed by atoms with Crippen molar-refractivity contribution in [3.8, 4) is 0 Å². The van der Waals surface area contributed by atoms with Crippen LogP contribution in [0.15, 0.2) is 5.16 Å². The van der Waals surface area contributed by atoms with Crippen LogP contribution in [0.3, 0.4) is 0 Å². The molecule has 1 fully saturated rings. The molecule has 4 nitrogen and oxygen atoms in total. The SMILES string of the molecule is CCOC(=O)C(=NOC)C1CCSCC1. The standard InChI is InChI=1S/C10H17NO3S/c1-3-14-10(12)9(11-13-2)8-4-6-15-7-5-8/h8H,3-7H2,1-2H3. The van der Waals surface area contributed by atoms with Crippen LogP contribution in [0.25, 0.3) is 0 Å². The molecule has 0 bridgehead atoms. The van der Waals surface area contributed by atoms with Crippen molar-refractivity contribution in [3.63, 3.8) is 0 Å². The molecule has 0 aliphatic carbocycles. The molecule has 1 heterocycles. The van der Waals surface area contributed by atoms with Gasteiger partial charge in [-0.15, -0.1) is 0 Å². The fourth-order valence-corrected chi connectivity index (χ4v) is 2.66. The van der Waals surface area contributed by atoms with Crippen molar-refractivity contribution in [1.29, 1.82) is 0 Å². The highest BCUT2D eigenvalue weighted by Gasteiger charge is 2.26. The number of hydrogen-bond acceptors (Lipinski definition) is 5. The zero-order valence-electron chi connectivity index (χ0n) is 9.19. The molecule has 0 aromatic rings. The van der Waals surface area contributed by atoms with Gasteiger partial charge in [0.05, 0.1) is 6.61 Å². The molecule has 86 valence electrons. The largest absolute Gasteiger partial charge is 0.461 e. The van der Waals surface area contributed by atoms with Crippen molar-refractivity contribution in [1.82, 2.24) is 0 Å². The van der Waals surface area contributed by atoms with Crippen LogP contribution in [-0.2, 0) is 14.4 Å².